The fraction of sp³-hybridized carbons (Fsp3) is 0.550. The Morgan fingerprint density at radius 3 is 2.50 bits per heavy atom. The maximum atomic E-state index is 11.1. The van der Waals surface area contributed by atoms with Gasteiger partial charge in [0.15, 0.2) is 19.8 Å². The number of ether oxygens (including phenoxy) is 2. The minimum atomic E-state index is -1.84. The van der Waals surface area contributed by atoms with Crippen molar-refractivity contribution in [3.05, 3.63) is 34.3 Å². The highest BCUT2D eigenvalue weighted by Gasteiger charge is 2.40. The number of benzene rings is 1. The van der Waals surface area contributed by atoms with Gasteiger partial charge < -0.3 is 13.9 Å². The Hall–Kier alpha value is -1.11. The molecule has 0 radical (unpaired) electrons. The molecule has 6 heteroatoms. The number of rotatable bonds is 6. The largest absolute Gasteiger partial charge is 0.493 e. The lowest BCUT2D eigenvalue weighted by atomic mass is 10.0. The zero-order valence-electron chi connectivity index (χ0n) is 16.5. The average molecular weight is 441 g/mol. The summed E-state index contributed by atoms with van der Waals surface area (Å²) in [4.78, 5) is 11.1. The van der Waals surface area contributed by atoms with Crippen molar-refractivity contribution in [3.63, 3.8) is 0 Å². The second kappa shape index (κ2) is 8.27. The minimum absolute atomic E-state index is 0.127. The summed E-state index contributed by atoms with van der Waals surface area (Å²) in [5.74, 6) is 1.18. The Balaban J connectivity index is 2.16. The van der Waals surface area contributed by atoms with Gasteiger partial charge in [0.25, 0.3) is 0 Å². The van der Waals surface area contributed by atoms with Crippen molar-refractivity contribution in [2.75, 3.05) is 7.11 Å². The van der Waals surface area contributed by atoms with Crippen molar-refractivity contribution in [1.82, 2.24) is 0 Å². The number of carbonyl (C=O) groups excluding carboxylic acids is 1. The summed E-state index contributed by atoms with van der Waals surface area (Å²) >= 11 is 3.62. The van der Waals surface area contributed by atoms with Gasteiger partial charge in [-0.2, -0.15) is 0 Å². The quantitative estimate of drug-likeness (QED) is 0.419. The molecule has 0 aliphatic heterocycles. The highest BCUT2D eigenvalue weighted by atomic mass is 79.9. The van der Waals surface area contributed by atoms with Crippen molar-refractivity contribution >= 4 is 30.5 Å². The van der Waals surface area contributed by atoms with Crippen LogP contribution in [0.4, 0.5) is 0 Å². The summed E-state index contributed by atoms with van der Waals surface area (Å²) in [5, 5.41) is 0.170. The molecule has 0 amide bonds. The van der Waals surface area contributed by atoms with Crippen LogP contribution in [0.1, 0.15) is 44.0 Å². The number of halogens is 1. The molecule has 0 aromatic heterocycles. The van der Waals surface area contributed by atoms with Crippen LogP contribution in [0.15, 0.2) is 28.8 Å². The van der Waals surface area contributed by atoms with Gasteiger partial charge in [-0.05, 0) is 42.8 Å². The lowest BCUT2D eigenvalue weighted by molar-refractivity contribution is 0.109. The number of methoxy groups -OCH3 is 1. The topological polar surface area (TPSA) is 44.8 Å². The van der Waals surface area contributed by atoms with E-state index in [2.05, 4.69) is 55.9 Å². The van der Waals surface area contributed by atoms with E-state index in [1.54, 1.807) is 25.3 Å². The summed E-state index contributed by atoms with van der Waals surface area (Å²) in [7, 11) is -0.244. The molecule has 4 nitrogen and oxygen atoms in total. The van der Waals surface area contributed by atoms with Gasteiger partial charge in [0.05, 0.1) is 13.2 Å². The fourth-order valence-electron chi connectivity index (χ4n) is 2.63. The highest BCUT2D eigenvalue weighted by molar-refractivity contribution is 9.11. The van der Waals surface area contributed by atoms with E-state index in [1.807, 2.05) is 0 Å². The predicted octanol–water partition coefficient (Wildman–Crippen LogP) is 5.72. The van der Waals surface area contributed by atoms with Crippen LogP contribution in [-0.4, -0.2) is 33.9 Å². The molecule has 0 heterocycles. The molecule has 0 N–H and O–H groups in total. The Kier molecular flexibility index (Phi) is 6.74. The Morgan fingerprint density at radius 2 is 1.92 bits per heavy atom. The monoisotopic (exact) mass is 440 g/mol. The van der Waals surface area contributed by atoms with E-state index < -0.39 is 8.32 Å². The van der Waals surface area contributed by atoms with Crippen molar-refractivity contribution in [3.8, 4) is 11.5 Å². The molecule has 2 unspecified atom stereocenters. The van der Waals surface area contributed by atoms with Crippen LogP contribution in [0.3, 0.4) is 0 Å². The number of carbonyl (C=O) groups is 1. The first-order valence-electron chi connectivity index (χ1n) is 8.90. The van der Waals surface area contributed by atoms with Crippen molar-refractivity contribution in [2.45, 2.75) is 64.0 Å². The number of aldehydes is 1. The van der Waals surface area contributed by atoms with E-state index in [0.717, 1.165) is 23.6 Å². The summed E-state index contributed by atoms with van der Waals surface area (Å²) < 4.78 is 19.1. The third-order valence-corrected chi connectivity index (χ3v) is 10.6. The van der Waals surface area contributed by atoms with Gasteiger partial charge in [-0.25, -0.2) is 0 Å². The maximum Gasteiger partial charge on any atom is 0.192 e. The van der Waals surface area contributed by atoms with Gasteiger partial charge >= 0.3 is 0 Å². The lowest BCUT2D eigenvalue weighted by Gasteiger charge is -2.41. The molecule has 0 spiro atoms. The smallest absolute Gasteiger partial charge is 0.192 e. The summed E-state index contributed by atoms with van der Waals surface area (Å²) in [6, 6.07) is 5.18. The zero-order chi connectivity index (χ0) is 19.5. The molecule has 1 aromatic rings. The van der Waals surface area contributed by atoms with E-state index in [9.17, 15) is 4.79 Å². The van der Waals surface area contributed by atoms with E-state index >= 15 is 0 Å². The van der Waals surface area contributed by atoms with Gasteiger partial charge in [-0.1, -0.05) is 42.8 Å². The summed E-state index contributed by atoms with van der Waals surface area (Å²) in [5.41, 5.74) is 0.561. The van der Waals surface area contributed by atoms with Crippen molar-refractivity contribution < 1.29 is 18.7 Å². The Labute approximate surface area is 166 Å². The second-order valence-corrected chi connectivity index (χ2v) is 13.9. The molecule has 26 heavy (non-hydrogen) atoms. The van der Waals surface area contributed by atoms with E-state index in [1.165, 1.54) is 0 Å². The Morgan fingerprint density at radius 1 is 1.23 bits per heavy atom. The van der Waals surface area contributed by atoms with Crippen molar-refractivity contribution in [1.29, 1.82) is 0 Å². The van der Waals surface area contributed by atoms with Gasteiger partial charge in [0.1, 0.15) is 12.4 Å². The molecule has 2 atom stereocenters. The van der Waals surface area contributed by atoms with E-state index in [0.29, 0.717) is 17.1 Å². The maximum absolute atomic E-state index is 11.1. The number of hydrogen-bond donors (Lipinski definition) is 0. The third kappa shape index (κ3) is 4.99. The average Bonchev–Trinajstić information content (AvgIpc) is 2.56. The summed E-state index contributed by atoms with van der Waals surface area (Å²) in [6.07, 6.45) is 4.54. The van der Waals surface area contributed by atoms with Crippen molar-refractivity contribution in [2.24, 2.45) is 0 Å². The summed E-state index contributed by atoms with van der Waals surface area (Å²) in [6.45, 7) is 11.3. The van der Waals surface area contributed by atoms with Crippen LogP contribution < -0.4 is 9.47 Å². The second-order valence-electron chi connectivity index (χ2n) is 8.20. The molecule has 144 valence electrons. The van der Waals surface area contributed by atoms with Crippen LogP contribution in [0.25, 0.3) is 0 Å². The normalized spacial score (nSPS) is 21.1. The van der Waals surface area contributed by atoms with Gasteiger partial charge in [-0.15, -0.1) is 0 Å². The highest BCUT2D eigenvalue weighted by Crippen LogP contribution is 2.40. The predicted molar refractivity (Wildman–Crippen MR) is 111 cm³/mol. The first-order valence-corrected chi connectivity index (χ1v) is 12.6. The van der Waals surface area contributed by atoms with Gasteiger partial charge in [-0.3, -0.25) is 4.79 Å². The van der Waals surface area contributed by atoms with E-state index in [4.69, 9.17) is 13.9 Å². The molecule has 2 rings (SSSR count). The molecule has 0 saturated heterocycles. The van der Waals surface area contributed by atoms with E-state index in [-0.39, 0.29) is 17.2 Å². The van der Waals surface area contributed by atoms with Crippen LogP contribution in [-0.2, 0) is 4.43 Å². The standard InChI is InChI=1S/C20H29BrO4Si/c1-20(2,3)26(5,6)25-15-8-9-16(21)18(12-15)24-19-11-14(13-22)7-10-17(19)23-4/h7,9-11,13,15,18H,8,12H2,1-6H3. The number of hydrogen-bond acceptors (Lipinski definition) is 4. The van der Waals surface area contributed by atoms with Gasteiger partial charge in [0.2, 0.25) is 0 Å². The van der Waals surface area contributed by atoms with Gasteiger partial charge in [0, 0.05) is 16.5 Å². The third-order valence-electron chi connectivity index (χ3n) is 5.22. The molecule has 0 bridgehead atoms. The van der Waals surface area contributed by atoms with Crippen LogP contribution in [0, 0.1) is 0 Å². The Bertz CT molecular complexity index is 679. The molecule has 1 aromatic carbocycles. The fourth-order valence-corrected chi connectivity index (χ4v) is 4.48. The molecule has 0 saturated carbocycles. The van der Waals surface area contributed by atoms with Crippen LogP contribution in [0.5, 0.6) is 11.5 Å². The lowest BCUT2D eigenvalue weighted by Crippen LogP contribution is -2.45. The SMILES string of the molecule is COc1ccc(C=O)cc1OC1CC(O[Si](C)(C)C(C)(C)C)CC=C1Br. The zero-order valence-corrected chi connectivity index (χ0v) is 19.1. The minimum Gasteiger partial charge on any atom is -0.493 e. The first kappa shape index (κ1) is 21.2. The first-order chi connectivity index (χ1) is 12.1. The molecule has 1 aliphatic carbocycles. The molecular formula is C20H29BrO4Si. The van der Waals surface area contributed by atoms with Crippen LogP contribution >= 0.6 is 15.9 Å². The molecule has 1 aliphatic rings. The molecular weight excluding hydrogens is 412 g/mol. The van der Waals surface area contributed by atoms with Crippen LogP contribution in [0.2, 0.25) is 18.1 Å². The molecule has 0 fully saturated rings.